The van der Waals surface area contributed by atoms with Crippen LogP contribution < -0.4 is 20.1 Å². The molecule has 1 aliphatic rings. The van der Waals surface area contributed by atoms with Gasteiger partial charge in [0.15, 0.2) is 6.10 Å². The summed E-state index contributed by atoms with van der Waals surface area (Å²) in [5.74, 6) is 1.68. The maximum Gasteiger partial charge on any atom is 0.208 e. The Labute approximate surface area is 232 Å². The Kier molecular flexibility index (Phi) is 8.34. The third-order valence-electron chi connectivity index (χ3n) is 6.14. The minimum Gasteiger partial charge on any atom is -0.489 e. The monoisotopic (exact) mass is 559 g/mol. The molecule has 1 aliphatic heterocycles. The molecule has 1 unspecified atom stereocenters. The third kappa shape index (κ3) is 7.20. The number of hydrogen-bond donors (Lipinski definition) is 3. The van der Waals surface area contributed by atoms with Crippen LogP contribution in [-0.2, 0) is 26.2 Å². The van der Waals surface area contributed by atoms with Gasteiger partial charge in [0.25, 0.3) is 0 Å². The summed E-state index contributed by atoms with van der Waals surface area (Å²) >= 11 is 0. The highest BCUT2D eigenvalue weighted by Gasteiger charge is 2.27. The molecule has 0 aliphatic carbocycles. The largest absolute Gasteiger partial charge is 0.489 e. The van der Waals surface area contributed by atoms with Crippen LogP contribution in [0.15, 0.2) is 85.2 Å². The van der Waals surface area contributed by atoms with Crippen LogP contribution >= 0.6 is 0 Å². The summed E-state index contributed by atoms with van der Waals surface area (Å²) in [7, 11) is -3.25. The van der Waals surface area contributed by atoms with Crippen LogP contribution in [0.25, 0.3) is 16.7 Å². The van der Waals surface area contributed by atoms with E-state index in [0.717, 1.165) is 39.7 Å². The smallest absolute Gasteiger partial charge is 0.208 e. The second kappa shape index (κ2) is 12.2. The first-order valence-corrected chi connectivity index (χ1v) is 14.6. The minimum absolute atomic E-state index is 0.157. The van der Waals surface area contributed by atoms with Gasteiger partial charge in [0.1, 0.15) is 30.3 Å². The summed E-state index contributed by atoms with van der Waals surface area (Å²) < 4.78 is 36.5. The fourth-order valence-corrected chi connectivity index (χ4v) is 4.61. The highest BCUT2D eigenvalue weighted by molar-refractivity contribution is 7.88. The van der Waals surface area contributed by atoms with Crippen molar-refractivity contribution in [1.82, 2.24) is 20.0 Å². The standard InChI is InChI=1S/C29H29N5O5S/c1-40(36,37)33-14-13-30-17-28-26(35)16-27(39-28)21-7-12-25-24(15-21)29(32-19-31-25)34-22-8-10-23(11-9-22)38-18-20-5-3-2-4-6-20/h2-12,15-16,19,28,30,33H,13-14,17-18H2,1H3,(H,31,32,34). The van der Waals surface area contributed by atoms with E-state index < -0.39 is 16.1 Å². The molecule has 0 saturated carbocycles. The normalized spacial score (nSPS) is 15.1. The van der Waals surface area contributed by atoms with Crippen molar-refractivity contribution < 1.29 is 22.7 Å². The van der Waals surface area contributed by atoms with Gasteiger partial charge < -0.3 is 20.1 Å². The number of carbonyl (C=O) groups excluding carboxylic acids is 1. The number of nitrogens with zero attached hydrogens (tertiary/aromatic N) is 2. The van der Waals surface area contributed by atoms with Crippen LogP contribution in [0.1, 0.15) is 11.1 Å². The Morgan fingerprint density at radius 2 is 1.77 bits per heavy atom. The van der Waals surface area contributed by atoms with Gasteiger partial charge in [-0.3, -0.25) is 4.79 Å². The molecule has 5 rings (SSSR count). The number of ketones is 1. The first-order chi connectivity index (χ1) is 19.3. The van der Waals surface area contributed by atoms with Crippen LogP contribution in [-0.4, -0.2) is 56.2 Å². The SMILES string of the molecule is CS(=O)(=O)NCCNCC1OC(c2ccc3ncnc(Nc4ccc(OCc5ccccc5)cc4)c3c2)=CC1=O. The van der Waals surface area contributed by atoms with Gasteiger partial charge in [-0.05, 0) is 48.0 Å². The molecule has 0 bridgehead atoms. The predicted molar refractivity (Wildman–Crippen MR) is 154 cm³/mol. The predicted octanol–water partition coefficient (Wildman–Crippen LogP) is 3.40. The summed E-state index contributed by atoms with van der Waals surface area (Å²) in [6.45, 7) is 1.35. The summed E-state index contributed by atoms with van der Waals surface area (Å²) in [6.07, 6.45) is 3.39. The van der Waals surface area contributed by atoms with Crippen molar-refractivity contribution in [2.45, 2.75) is 12.7 Å². The molecule has 0 spiro atoms. The fraction of sp³-hybridized carbons (Fsp3) is 0.207. The maximum absolute atomic E-state index is 12.5. The summed E-state index contributed by atoms with van der Waals surface area (Å²) in [5, 5.41) is 7.16. The zero-order valence-corrected chi connectivity index (χ0v) is 22.6. The molecular formula is C29H29N5O5S. The Bertz CT molecular complexity index is 1630. The van der Waals surface area contributed by atoms with Crippen molar-refractivity contribution in [3.8, 4) is 5.75 Å². The van der Waals surface area contributed by atoms with E-state index in [9.17, 15) is 13.2 Å². The molecule has 4 aromatic rings. The molecule has 2 heterocycles. The molecule has 0 amide bonds. The lowest BCUT2D eigenvalue weighted by molar-refractivity contribution is -0.119. The molecule has 3 aromatic carbocycles. The zero-order chi connectivity index (χ0) is 28.0. The number of hydrogen-bond acceptors (Lipinski definition) is 9. The molecule has 206 valence electrons. The van der Waals surface area contributed by atoms with E-state index in [4.69, 9.17) is 9.47 Å². The van der Waals surface area contributed by atoms with Crippen LogP contribution in [0.2, 0.25) is 0 Å². The quantitative estimate of drug-likeness (QED) is 0.224. The zero-order valence-electron chi connectivity index (χ0n) is 21.8. The Balaban J connectivity index is 1.23. The molecule has 0 fully saturated rings. The van der Waals surface area contributed by atoms with Gasteiger partial charge >= 0.3 is 0 Å². The second-order valence-corrected chi connectivity index (χ2v) is 11.1. The minimum atomic E-state index is -3.25. The number of aromatic nitrogens is 2. The topological polar surface area (TPSA) is 132 Å². The summed E-state index contributed by atoms with van der Waals surface area (Å²) in [4.78, 5) is 21.3. The second-order valence-electron chi connectivity index (χ2n) is 9.27. The molecule has 10 nitrogen and oxygen atoms in total. The number of fused-ring (bicyclic) bond motifs is 1. The van der Waals surface area contributed by atoms with Gasteiger partial charge in [0, 0.05) is 42.3 Å². The third-order valence-corrected chi connectivity index (χ3v) is 6.87. The Hall–Kier alpha value is -4.32. The van der Waals surface area contributed by atoms with E-state index in [1.54, 1.807) is 0 Å². The number of nitrogens with one attached hydrogen (secondary N) is 3. The van der Waals surface area contributed by atoms with Crippen molar-refractivity contribution in [3.63, 3.8) is 0 Å². The number of rotatable bonds is 12. The fourth-order valence-electron chi connectivity index (χ4n) is 4.14. The van der Waals surface area contributed by atoms with Gasteiger partial charge in [0.2, 0.25) is 15.8 Å². The molecule has 11 heteroatoms. The summed E-state index contributed by atoms with van der Waals surface area (Å²) in [6, 6.07) is 23.2. The summed E-state index contributed by atoms with van der Waals surface area (Å²) in [5.41, 5.74) is 3.40. The van der Waals surface area contributed by atoms with Gasteiger partial charge in [0.05, 0.1) is 11.8 Å². The van der Waals surface area contributed by atoms with Crippen LogP contribution in [0, 0.1) is 0 Å². The molecule has 40 heavy (non-hydrogen) atoms. The van der Waals surface area contributed by atoms with Gasteiger partial charge in [-0.25, -0.2) is 23.1 Å². The van der Waals surface area contributed by atoms with Crippen LogP contribution in [0.5, 0.6) is 5.75 Å². The Morgan fingerprint density at radius 1 is 0.975 bits per heavy atom. The number of carbonyl (C=O) groups is 1. The lowest BCUT2D eigenvalue weighted by Crippen LogP contribution is -2.36. The van der Waals surface area contributed by atoms with E-state index in [2.05, 4.69) is 25.3 Å². The van der Waals surface area contributed by atoms with Crippen molar-refractivity contribution in [1.29, 1.82) is 0 Å². The molecule has 1 aromatic heterocycles. The van der Waals surface area contributed by atoms with Gasteiger partial charge in [-0.1, -0.05) is 30.3 Å². The number of sulfonamides is 1. The number of anilines is 2. The van der Waals surface area contributed by atoms with E-state index in [0.29, 0.717) is 24.7 Å². The van der Waals surface area contributed by atoms with E-state index in [-0.39, 0.29) is 18.9 Å². The highest BCUT2D eigenvalue weighted by Crippen LogP contribution is 2.30. The van der Waals surface area contributed by atoms with Crippen molar-refractivity contribution in [2.75, 3.05) is 31.2 Å². The molecule has 0 radical (unpaired) electrons. The molecular weight excluding hydrogens is 530 g/mol. The van der Waals surface area contributed by atoms with Gasteiger partial charge in [-0.2, -0.15) is 0 Å². The van der Waals surface area contributed by atoms with Gasteiger partial charge in [-0.15, -0.1) is 0 Å². The van der Waals surface area contributed by atoms with Crippen molar-refractivity contribution >= 4 is 44.0 Å². The van der Waals surface area contributed by atoms with Crippen LogP contribution in [0.3, 0.4) is 0 Å². The number of ether oxygens (including phenoxy) is 2. The lowest BCUT2D eigenvalue weighted by Gasteiger charge is -2.14. The molecule has 1 atom stereocenters. The molecule has 0 saturated heterocycles. The van der Waals surface area contributed by atoms with E-state index in [1.807, 2.05) is 72.8 Å². The van der Waals surface area contributed by atoms with E-state index >= 15 is 0 Å². The van der Waals surface area contributed by atoms with Crippen LogP contribution in [0.4, 0.5) is 11.5 Å². The Morgan fingerprint density at radius 3 is 2.55 bits per heavy atom. The first-order valence-electron chi connectivity index (χ1n) is 12.7. The molecule has 3 N–H and O–H groups in total. The highest BCUT2D eigenvalue weighted by atomic mass is 32.2. The number of benzene rings is 3. The van der Waals surface area contributed by atoms with E-state index in [1.165, 1.54) is 12.4 Å². The maximum atomic E-state index is 12.5. The average Bonchev–Trinajstić information content (AvgIpc) is 3.32. The van der Waals surface area contributed by atoms with Crippen molar-refractivity contribution in [2.24, 2.45) is 0 Å². The lowest BCUT2D eigenvalue weighted by atomic mass is 10.1. The van der Waals surface area contributed by atoms with Crippen molar-refractivity contribution in [3.05, 3.63) is 96.3 Å². The average molecular weight is 560 g/mol. The first kappa shape index (κ1) is 27.3.